The highest BCUT2D eigenvalue weighted by molar-refractivity contribution is 7.93. The van der Waals surface area contributed by atoms with Gasteiger partial charge in [-0.05, 0) is 12.1 Å². The number of pyridine rings is 1. The van der Waals surface area contributed by atoms with Crippen molar-refractivity contribution in [1.82, 2.24) is 14.6 Å². The molecule has 0 fully saturated rings. The van der Waals surface area contributed by atoms with Crippen LogP contribution in [0.2, 0.25) is 0 Å². The quantitative estimate of drug-likeness (QED) is 0.529. The van der Waals surface area contributed by atoms with Crippen LogP contribution < -0.4 is 16.0 Å². The van der Waals surface area contributed by atoms with E-state index in [9.17, 15) is 8.42 Å². The van der Waals surface area contributed by atoms with Gasteiger partial charge in [-0.1, -0.05) is 4.49 Å². The molecule has 0 aliphatic heterocycles. The molecule has 0 aliphatic rings. The van der Waals surface area contributed by atoms with Gasteiger partial charge in [0.15, 0.2) is 0 Å². The summed E-state index contributed by atoms with van der Waals surface area (Å²) in [5, 5.41) is 3.64. The number of hydrogen-bond acceptors (Lipinski definition) is 8. The van der Waals surface area contributed by atoms with E-state index in [0.717, 1.165) is 11.5 Å². The van der Waals surface area contributed by atoms with Crippen molar-refractivity contribution in [2.24, 2.45) is 5.84 Å². The van der Waals surface area contributed by atoms with Crippen molar-refractivity contribution in [3.05, 3.63) is 24.5 Å². The van der Waals surface area contributed by atoms with Gasteiger partial charge in [-0.2, -0.15) is 8.42 Å². The van der Waals surface area contributed by atoms with Crippen LogP contribution in [0.1, 0.15) is 0 Å². The van der Waals surface area contributed by atoms with Gasteiger partial charge in [-0.3, -0.25) is 10.6 Å². The molecule has 0 radical (unpaired) electrons. The summed E-state index contributed by atoms with van der Waals surface area (Å²) in [7, 11) is -3.80. The number of anilines is 2. The first kappa shape index (κ1) is 11.7. The zero-order valence-electron chi connectivity index (χ0n) is 8.36. The summed E-state index contributed by atoms with van der Waals surface area (Å²) in [4.78, 5) is 3.77. The third kappa shape index (κ3) is 2.49. The Balaban J connectivity index is 2.38. The zero-order valence-corrected chi connectivity index (χ0v) is 9.99. The minimum atomic E-state index is -3.80. The number of nitrogen functional groups attached to an aromatic ring is 1. The molecule has 2 heterocycles. The van der Waals surface area contributed by atoms with Gasteiger partial charge in [0.05, 0.1) is 11.9 Å². The monoisotopic (exact) mass is 272 g/mol. The highest BCUT2D eigenvalue weighted by Gasteiger charge is 2.20. The zero-order chi connectivity index (χ0) is 12.3. The molecule has 2 aromatic heterocycles. The van der Waals surface area contributed by atoms with Crippen LogP contribution in [-0.2, 0) is 10.0 Å². The van der Waals surface area contributed by atoms with Crippen LogP contribution in [0.5, 0.6) is 0 Å². The van der Waals surface area contributed by atoms with Crippen LogP contribution in [-0.4, -0.2) is 23.0 Å². The van der Waals surface area contributed by atoms with Crippen molar-refractivity contribution in [2.45, 2.75) is 5.03 Å². The third-order valence-corrected chi connectivity index (χ3v) is 3.81. The summed E-state index contributed by atoms with van der Waals surface area (Å²) in [5.74, 6) is 5.22. The largest absolute Gasteiger partial charge is 0.321 e. The van der Waals surface area contributed by atoms with E-state index in [4.69, 9.17) is 5.84 Å². The van der Waals surface area contributed by atoms with Crippen molar-refractivity contribution in [3.63, 3.8) is 0 Å². The van der Waals surface area contributed by atoms with Crippen molar-refractivity contribution >= 4 is 32.2 Å². The molecule has 0 bridgehead atoms. The lowest BCUT2D eigenvalue weighted by atomic mass is 10.4. The van der Waals surface area contributed by atoms with Gasteiger partial charge in [0.25, 0.3) is 10.0 Å². The minimum absolute atomic E-state index is 0.184. The summed E-state index contributed by atoms with van der Waals surface area (Å²) in [6, 6.07) is 3.08. The van der Waals surface area contributed by atoms with E-state index in [1.54, 1.807) is 6.07 Å². The van der Waals surface area contributed by atoms with Gasteiger partial charge in [-0.25, -0.2) is 4.98 Å². The van der Waals surface area contributed by atoms with Gasteiger partial charge in [0.2, 0.25) is 5.03 Å². The molecule has 4 N–H and O–H groups in total. The normalized spacial score (nSPS) is 11.1. The molecule has 0 aromatic carbocycles. The average molecular weight is 272 g/mol. The summed E-state index contributed by atoms with van der Waals surface area (Å²) in [6.45, 7) is 0. The molecule has 0 spiro atoms. The number of hydrogen-bond donors (Lipinski definition) is 3. The summed E-state index contributed by atoms with van der Waals surface area (Å²) in [6.07, 6.45) is 2.67. The lowest BCUT2D eigenvalue weighted by molar-refractivity contribution is 0.598. The van der Waals surface area contributed by atoms with Crippen molar-refractivity contribution in [1.29, 1.82) is 0 Å². The van der Waals surface area contributed by atoms with Crippen LogP contribution in [0.4, 0.5) is 10.7 Å². The SMILES string of the molecule is NNc1cccnc1S(=O)(=O)Nc1cnns1. The van der Waals surface area contributed by atoms with Crippen molar-refractivity contribution in [2.75, 3.05) is 10.1 Å². The standard InChI is InChI=1S/C7H8N6O2S2/c8-11-5-2-1-3-9-7(5)17(14,15)12-6-4-10-13-16-6/h1-4,11-12H,8H2. The smallest absolute Gasteiger partial charge is 0.282 e. The molecule has 0 unspecified atom stereocenters. The Labute approximate surface area is 101 Å². The molecule has 90 valence electrons. The lowest BCUT2D eigenvalue weighted by Crippen LogP contribution is -2.18. The highest BCUT2D eigenvalue weighted by atomic mass is 32.2. The first-order valence-corrected chi connectivity index (χ1v) is 6.61. The Kier molecular flexibility index (Phi) is 3.17. The fourth-order valence-electron chi connectivity index (χ4n) is 1.11. The minimum Gasteiger partial charge on any atom is -0.321 e. The average Bonchev–Trinajstić information content (AvgIpc) is 2.81. The predicted octanol–water partition coefficient (Wildman–Crippen LogP) is 0.0195. The Bertz CT molecular complexity index is 597. The van der Waals surface area contributed by atoms with E-state index in [-0.39, 0.29) is 10.7 Å². The number of aromatic nitrogens is 3. The molecule has 17 heavy (non-hydrogen) atoms. The van der Waals surface area contributed by atoms with Crippen LogP contribution in [0.15, 0.2) is 29.6 Å². The van der Waals surface area contributed by atoms with Crippen LogP contribution in [0, 0.1) is 0 Å². The Hall–Kier alpha value is -1.78. The maximum Gasteiger partial charge on any atom is 0.282 e. The molecular weight excluding hydrogens is 264 g/mol. The van der Waals surface area contributed by atoms with Crippen LogP contribution >= 0.6 is 11.5 Å². The summed E-state index contributed by atoms with van der Waals surface area (Å²) in [5.41, 5.74) is 2.48. The molecule has 0 amide bonds. The second kappa shape index (κ2) is 4.61. The third-order valence-electron chi connectivity index (χ3n) is 1.78. The molecule has 2 rings (SSSR count). The van der Waals surface area contributed by atoms with Gasteiger partial charge in [0.1, 0.15) is 5.00 Å². The molecule has 0 saturated heterocycles. The summed E-state index contributed by atoms with van der Waals surface area (Å²) >= 11 is 0.927. The molecule has 2 aromatic rings. The molecule has 0 atom stereocenters. The van der Waals surface area contributed by atoms with Crippen molar-refractivity contribution < 1.29 is 8.42 Å². The Morgan fingerprint density at radius 3 is 2.88 bits per heavy atom. The van der Waals surface area contributed by atoms with Gasteiger partial charge < -0.3 is 5.43 Å². The topological polar surface area (TPSA) is 123 Å². The molecule has 0 aliphatic carbocycles. The van der Waals surface area contributed by atoms with Crippen molar-refractivity contribution in [3.8, 4) is 0 Å². The molecule has 0 saturated carbocycles. The number of nitrogens with two attached hydrogens (primary N) is 1. The van der Waals surface area contributed by atoms with E-state index in [0.29, 0.717) is 5.00 Å². The maximum atomic E-state index is 12.0. The van der Waals surface area contributed by atoms with Gasteiger partial charge >= 0.3 is 0 Å². The summed E-state index contributed by atoms with van der Waals surface area (Å²) < 4.78 is 29.8. The maximum absolute atomic E-state index is 12.0. The van der Waals surface area contributed by atoms with E-state index >= 15 is 0 Å². The lowest BCUT2D eigenvalue weighted by Gasteiger charge is -2.08. The van der Waals surface area contributed by atoms with E-state index in [2.05, 4.69) is 24.7 Å². The van der Waals surface area contributed by atoms with E-state index < -0.39 is 10.0 Å². The van der Waals surface area contributed by atoms with Gasteiger partial charge in [0, 0.05) is 17.7 Å². The second-order valence-electron chi connectivity index (χ2n) is 2.89. The second-order valence-corrected chi connectivity index (χ2v) is 5.27. The van der Waals surface area contributed by atoms with Gasteiger partial charge in [-0.15, -0.1) is 5.10 Å². The first-order chi connectivity index (χ1) is 8.13. The number of sulfonamides is 1. The fraction of sp³-hybridized carbons (Fsp3) is 0. The predicted molar refractivity (Wildman–Crippen MR) is 62.8 cm³/mol. The number of nitrogens with one attached hydrogen (secondary N) is 2. The Morgan fingerprint density at radius 1 is 1.41 bits per heavy atom. The molecule has 10 heteroatoms. The first-order valence-electron chi connectivity index (χ1n) is 4.35. The fourth-order valence-corrected chi connectivity index (χ4v) is 2.89. The number of nitrogens with zero attached hydrogens (tertiary/aromatic N) is 3. The number of rotatable bonds is 4. The van der Waals surface area contributed by atoms with Crippen LogP contribution in [0.25, 0.3) is 0 Å². The van der Waals surface area contributed by atoms with Crippen LogP contribution in [0.3, 0.4) is 0 Å². The molecular formula is C7H8N6O2S2. The van der Waals surface area contributed by atoms with E-state index in [1.807, 2.05) is 0 Å². The van der Waals surface area contributed by atoms with E-state index in [1.165, 1.54) is 18.5 Å². The Morgan fingerprint density at radius 2 is 2.24 bits per heavy atom. The molecule has 8 nitrogen and oxygen atoms in total. The number of hydrazine groups is 1. The highest BCUT2D eigenvalue weighted by Crippen LogP contribution is 2.21.